The fourth-order valence-electron chi connectivity index (χ4n) is 4.28. The monoisotopic (exact) mass is 566 g/mol. The number of hydrogen-bond donors (Lipinski definition) is 1. The van der Waals surface area contributed by atoms with Crippen LogP contribution in [0.1, 0.15) is 21.7 Å². The van der Waals surface area contributed by atoms with Crippen molar-refractivity contribution in [2.75, 3.05) is 21.3 Å². The molecule has 0 amide bonds. The van der Waals surface area contributed by atoms with Crippen LogP contribution in [0.25, 0.3) is 33.9 Å². The van der Waals surface area contributed by atoms with Crippen molar-refractivity contribution in [2.24, 2.45) is 0 Å². The van der Waals surface area contributed by atoms with E-state index in [-0.39, 0.29) is 28.9 Å². The molecule has 0 fully saturated rings. The molecule has 0 unspecified atom stereocenters. The number of esters is 2. The van der Waals surface area contributed by atoms with Crippen LogP contribution in [-0.4, -0.2) is 53.0 Å². The Morgan fingerprint density at radius 3 is 2.48 bits per heavy atom. The van der Waals surface area contributed by atoms with Crippen molar-refractivity contribution in [3.8, 4) is 28.4 Å². The molecule has 0 atom stereocenters. The number of nitrogens with one attached hydrogen (secondary N) is 1. The van der Waals surface area contributed by atoms with Gasteiger partial charge in [0.1, 0.15) is 18.1 Å². The van der Waals surface area contributed by atoms with E-state index in [1.165, 1.54) is 31.4 Å². The number of ether oxygens (including phenoxy) is 4. The summed E-state index contributed by atoms with van der Waals surface area (Å²) in [6.45, 7) is -0.289. The largest absolute Gasteiger partial charge is 0.493 e. The van der Waals surface area contributed by atoms with Crippen molar-refractivity contribution < 1.29 is 28.5 Å². The van der Waals surface area contributed by atoms with Gasteiger partial charge in [-0.05, 0) is 54.6 Å². The summed E-state index contributed by atoms with van der Waals surface area (Å²) in [5.41, 5.74) is 2.93. The summed E-state index contributed by atoms with van der Waals surface area (Å²) in [6.07, 6.45) is 4.66. The van der Waals surface area contributed by atoms with E-state index in [4.69, 9.17) is 24.0 Å². The number of carbonyl (C=O) groups excluding carboxylic acids is 2. The second-order valence-corrected chi connectivity index (χ2v) is 8.96. The first-order chi connectivity index (χ1) is 20.4. The minimum Gasteiger partial charge on any atom is -0.493 e. The molecule has 11 heteroatoms. The standard InChI is InChI=1S/C31H26N4O7/c1-39-25-13-10-19(16-26(25)40-2)29-21(17-35(34-29)22-7-5-4-6-8-22)11-14-28(36)42-18-27-32-24-15-20(31(38)41-3)9-12-23(24)30(37)33-27/h4-17H,18H2,1-3H3,(H,32,33,37)/b14-11+. The lowest BCUT2D eigenvalue weighted by Gasteiger charge is -2.09. The van der Waals surface area contributed by atoms with Gasteiger partial charge in [0, 0.05) is 23.4 Å². The average Bonchev–Trinajstić information content (AvgIpc) is 3.46. The molecule has 2 aromatic heterocycles. The predicted octanol–water partition coefficient (Wildman–Crippen LogP) is 4.34. The third kappa shape index (κ3) is 5.89. The normalized spacial score (nSPS) is 11.0. The first-order valence-electron chi connectivity index (χ1n) is 12.7. The van der Waals surface area contributed by atoms with Gasteiger partial charge in [-0.25, -0.2) is 19.3 Å². The number of fused-ring (bicyclic) bond motifs is 1. The first kappa shape index (κ1) is 27.8. The molecule has 5 aromatic rings. The number of hydrogen-bond acceptors (Lipinski definition) is 9. The van der Waals surface area contributed by atoms with Crippen LogP contribution in [0.3, 0.4) is 0 Å². The van der Waals surface area contributed by atoms with Crippen LogP contribution in [0, 0.1) is 0 Å². The lowest BCUT2D eigenvalue weighted by atomic mass is 10.1. The van der Waals surface area contributed by atoms with E-state index in [0.29, 0.717) is 22.8 Å². The molecule has 0 bridgehead atoms. The van der Waals surface area contributed by atoms with E-state index in [9.17, 15) is 14.4 Å². The molecule has 5 rings (SSSR count). The van der Waals surface area contributed by atoms with Crippen molar-refractivity contribution in [3.63, 3.8) is 0 Å². The van der Waals surface area contributed by atoms with E-state index in [0.717, 1.165) is 11.3 Å². The number of para-hydroxylation sites is 1. The number of rotatable bonds is 9. The summed E-state index contributed by atoms with van der Waals surface area (Å²) in [5, 5.41) is 5.04. The molecule has 0 spiro atoms. The molecule has 0 aliphatic heterocycles. The highest BCUT2D eigenvalue weighted by molar-refractivity contribution is 5.94. The second-order valence-electron chi connectivity index (χ2n) is 8.96. The lowest BCUT2D eigenvalue weighted by Crippen LogP contribution is -2.14. The van der Waals surface area contributed by atoms with Gasteiger partial charge >= 0.3 is 11.9 Å². The summed E-state index contributed by atoms with van der Waals surface area (Å²) >= 11 is 0. The molecule has 3 aromatic carbocycles. The number of nitrogens with zero attached hydrogens (tertiary/aromatic N) is 3. The topological polar surface area (TPSA) is 135 Å². The maximum atomic E-state index is 12.7. The van der Waals surface area contributed by atoms with Crippen molar-refractivity contribution in [3.05, 3.63) is 106 Å². The zero-order valence-corrected chi connectivity index (χ0v) is 23.0. The van der Waals surface area contributed by atoms with Crippen molar-refractivity contribution in [2.45, 2.75) is 6.61 Å². The van der Waals surface area contributed by atoms with E-state index in [2.05, 4.69) is 9.97 Å². The van der Waals surface area contributed by atoms with Crippen molar-refractivity contribution >= 4 is 28.9 Å². The molecular formula is C31H26N4O7. The van der Waals surface area contributed by atoms with Crippen LogP contribution in [0.2, 0.25) is 0 Å². The molecule has 0 saturated heterocycles. The lowest BCUT2D eigenvalue weighted by molar-refractivity contribution is -0.139. The summed E-state index contributed by atoms with van der Waals surface area (Å²) in [7, 11) is 4.38. The average molecular weight is 567 g/mol. The molecule has 0 saturated carbocycles. The Kier molecular flexibility index (Phi) is 8.10. The number of carbonyl (C=O) groups is 2. The van der Waals surface area contributed by atoms with Gasteiger partial charge in [0.2, 0.25) is 0 Å². The van der Waals surface area contributed by atoms with Gasteiger partial charge in [-0.2, -0.15) is 5.10 Å². The Balaban J connectivity index is 1.39. The van der Waals surface area contributed by atoms with Gasteiger partial charge in [0.15, 0.2) is 11.5 Å². The van der Waals surface area contributed by atoms with Crippen LogP contribution in [0.4, 0.5) is 0 Å². The minimum absolute atomic E-state index is 0.124. The molecule has 11 nitrogen and oxygen atoms in total. The summed E-state index contributed by atoms with van der Waals surface area (Å²) in [4.78, 5) is 43.9. The number of aromatic amines is 1. The predicted molar refractivity (Wildman–Crippen MR) is 155 cm³/mol. The van der Waals surface area contributed by atoms with Gasteiger partial charge in [-0.3, -0.25) is 4.79 Å². The van der Waals surface area contributed by atoms with Gasteiger partial charge < -0.3 is 23.9 Å². The number of aromatic nitrogens is 4. The van der Waals surface area contributed by atoms with E-state index in [1.54, 1.807) is 43.3 Å². The van der Waals surface area contributed by atoms with Gasteiger partial charge in [0.05, 0.1) is 43.5 Å². The maximum absolute atomic E-state index is 12.7. The molecular weight excluding hydrogens is 540 g/mol. The third-order valence-corrected chi connectivity index (χ3v) is 6.35. The molecule has 0 radical (unpaired) electrons. The molecule has 0 aliphatic rings. The van der Waals surface area contributed by atoms with Crippen LogP contribution >= 0.6 is 0 Å². The number of methoxy groups -OCH3 is 3. The Morgan fingerprint density at radius 1 is 0.952 bits per heavy atom. The maximum Gasteiger partial charge on any atom is 0.337 e. The van der Waals surface area contributed by atoms with Crippen molar-refractivity contribution in [1.82, 2.24) is 19.7 Å². The summed E-state index contributed by atoms with van der Waals surface area (Å²) in [6, 6.07) is 19.4. The highest BCUT2D eigenvalue weighted by Crippen LogP contribution is 2.33. The van der Waals surface area contributed by atoms with E-state index in [1.807, 2.05) is 36.4 Å². The zero-order valence-electron chi connectivity index (χ0n) is 23.0. The molecule has 1 N–H and O–H groups in total. The number of H-pyrrole nitrogens is 1. The Morgan fingerprint density at radius 2 is 1.74 bits per heavy atom. The number of benzene rings is 3. The van der Waals surface area contributed by atoms with Crippen LogP contribution in [0.5, 0.6) is 11.5 Å². The van der Waals surface area contributed by atoms with Crippen LogP contribution < -0.4 is 15.0 Å². The van der Waals surface area contributed by atoms with E-state index < -0.39 is 17.5 Å². The first-order valence-corrected chi connectivity index (χ1v) is 12.7. The van der Waals surface area contributed by atoms with Crippen LogP contribution in [0.15, 0.2) is 83.8 Å². The highest BCUT2D eigenvalue weighted by Gasteiger charge is 2.15. The van der Waals surface area contributed by atoms with Gasteiger partial charge in [0.25, 0.3) is 5.56 Å². The van der Waals surface area contributed by atoms with Crippen molar-refractivity contribution in [1.29, 1.82) is 0 Å². The fourth-order valence-corrected chi connectivity index (χ4v) is 4.28. The summed E-state index contributed by atoms with van der Waals surface area (Å²) < 4.78 is 22.6. The van der Waals surface area contributed by atoms with E-state index >= 15 is 0 Å². The Bertz CT molecular complexity index is 1860. The SMILES string of the molecule is COC(=O)c1ccc2c(=O)[nH]c(COC(=O)/C=C/c3cn(-c4ccccc4)nc3-c3ccc(OC)c(OC)c3)nc2c1. The molecule has 212 valence electrons. The molecule has 2 heterocycles. The smallest absolute Gasteiger partial charge is 0.337 e. The van der Waals surface area contributed by atoms with Gasteiger partial charge in [-0.1, -0.05) is 18.2 Å². The summed E-state index contributed by atoms with van der Waals surface area (Å²) in [5.74, 6) is 0.0200. The van der Waals surface area contributed by atoms with Gasteiger partial charge in [-0.15, -0.1) is 0 Å². The fraction of sp³-hybridized carbons (Fsp3) is 0.129. The highest BCUT2D eigenvalue weighted by atomic mass is 16.5. The second kappa shape index (κ2) is 12.2. The third-order valence-electron chi connectivity index (χ3n) is 6.35. The van der Waals surface area contributed by atoms with Crippen LogP contribution in [-0.2, 0) is 20.9 Å². The quantitative estimate of drug-likeness (QED) is 0.204. The molecule has 42 heavy (non-hydrogen) atoms. The zero-order chi connectivity index (χ0) is 29.6. The minimum atomic E-state index is -0.660. The Hall–Kier alpha value is -5.71. The molecule has 0 aliphatic carbocycles. The Labute approximate surface area is 239 Å².